The molecule has 3 rings (SSSR count). The molecule has 0 spiro atoms. The predicted molar refractivity (Wildman–Crippen MR) is 107 cm³/mol. The van der Waals surface area contributed by atoms with Crippen LogP contribution in [0.2, 0.25) is 0 Å². The third-order valence-corrected chi connectivity index (χ3v) is 4.28. The van der Waals surface area contributed by atoms with E-state index in [0.29, 0.717) is 23.8 Å². The van der Waals surface area contributed by atoms with Crippen LogP contribution in [0.25, 0.3) is 11.4 Å². The molecule has 1 aromatic heterocycles. The minimum absolute atomic E-state index is 0.0151. The molecule has 0 N–H and O–H groups in total. The molecule has 0 aliphatic heterocycles. The van der Waals surface area contributed by atoms with Gasteiger partial charge < -0.3 is 9.42 Å². The summed E-state index contributed by atoms with van der Waals surface area (Å²) in [7, 11) is 0. The largest absolute Gasteiger partial charge is 0.337 e. The summed E-state index contributed by atoms with van der Waals surface area (Å²) in [4.78, 5) is 28.9. The molecule has 2 aromatic carbocycles. The van der Waals surface area contributed by atoms with Crippen molar-refractivity contribution < 1.29 is 14.2 Å². The van der Waals surface area contributed by atoms with Gasteiger partial charge in [0.05, 0.1) is 11.3 Å². The quantitative estimate of drug-likeness (QED) is 0.329. The number of carbonyl (C=O) groups is 1. The predicted octanol–water partition coefficient (Wildman–Crippen LogP) is 3.71. The summed E-state index contributed by atoms with van der Waals surface area (Å²) in [6, 6.07) is 13.7. The lowest BCUT2D eigenvalue weighted by molar-refractivity contribution is -0.384. The molecule has 0 unspecified atom stereocenters. The van der Waals surface area contributed by atoms with Gasteiger partial charge in [0.25, 0.3) is 5.69 Å². The molecule has 8 nitrogen and oxygen atoms in total. The summed E-state index contributed by atoms with van der Waals surface area (Å²) in [5, 5.41) is 14.7. The summed E-state index contributed by atoms with van der Waals surface area (Å²) < 4.78 is 5.31. The Kier molecular flexibility index (Phi) is 6.13. The zero-order valence-electron chi connectivity index (χ0n) is 15.9. The number of aryl methyl sites for hydroxylation is 1. The first-order chi connectivity index (χ1) is 14.0. The van der Waals surface area contributed by atoms with Crippen LogP contribution in [0.5, 0.6) is 0 Å². The number of nitro groups is 1. The Morgan fingerprint density at radius 2 is 2.03 bits per heavy atom. The molecule has 0 bridgehead atoms. The van der Waals surface area contributed by atoms with E-state index < -0.39 is 4.92 Å². The topological polar surface area (TPSA) is 102 Å². The van der Waals surface area contributed by atoms with Crippen LogP contribution in [-0.2, 0) is 17.8 Å². The van der Waals surface area contributed by atoms with Crippen molar-refractivity contribution in [3.63, 3.8) is 0 Å². The molecule has 0 saturated carbocycles. The van der Waals surface area contributed by atoms with Gasteiger partial charge in [-0.25, -0.2) is 0 Å². The van der Waals surface area contributed by atoms with Crippen LogP contribution >= 0.6 is 0 Å². The average Bonchev–Trinajstić information content (AvgIpc) is 3.17. The van der Waals surface area contributed by atoms with E-state index in [0.717, 1.165) is 11.1 Å². The van der Waals surface area contributed by atoms with Crippen molar-refractivity contribution in [2.75, 3.05) is 6.54 Å². The van der Waals surface area contributed by atoms with Gasteiger partial charge in [0.15, 0.2) is 0 Å². The Morgan fingerprint density at radius 1 is 1.28 bits per heavy atom. The highest BCUT2D eigenvalue weighted by Crippen LogP contribution is 2.18. The minimum atomic E-state index is -0.475. The Balaban J connectivity index is 1.70. The lowest BCUT2D eigenvalue weighted by Gasteiger charge is -2.19. The van der Waals surface area contributed by atoms with Gasteiger partial charge in [-0.1, -0.05) is 47.1 Å². The summed E-state index contributed by atoms with van der Waals surface area (Å²) in [5.74, 6) is 0.611. The SMILES string of the molecule is C=CCN(Cc1nc(-c2cccc(C)c2)no1)C(=O)Cc1ccc([N+](=O)[O-])cc1. The van der Waals surface area contributed by atoms with Crippen molar-refractivity contribution in [1.82, 2.24) is 15.0 Å². The van der Waals surface area contributed by atoms with Gasteiger partial charge in [-0.05, 0) is 18.6 Å². The maximum absolute atomic E-state index is 12.7. The number of carbonyl (C=O) groups excluding carboxylic acids is 1. The highest BCUT2D eigenvalue weighted by molar-refractivity contribution is 5.79. The smallest absolute Gasteiger partial charge is 0.269 e. The molecule has 0 radical (unpaired) electrons. The first kappa shape index (κ1) is 19.9. The first-order valence-corrected chi connectivity index (χ1v) is 8.98. The number of amides is 1. The number of non-ortho nitro benzene ring substituents is 1. The normalized spacial score (nSPS) is 10.5. The second-order valence-electron chi connectivity index (χ2n) is 6.54. The molecule has 0 fully saturated rings. The standard InChI is InChI=1S/C21H20N4O4/c1-3-11-24(20(26)13-16-7-9-18(10-8-16)25(27)28)14-19-22-21(23-29-19)17-6-4-5-15(2)12-17/h3-10,12H,1,11,13-14H2,2H3. The van der Waals surface area contributed by atoms with E-state index in [-0.39, 0.29) is 24.6 Å². The van der Waals surface area contributed by atoms with Gasteiger partial charge in [-0.3, -0.25) is 14.9 Å². The number of benzene rings is 2. The number of hydrogen-bond acceptors (Lipinski definition) is 6. The molecule has 1 heterocycles. The van der Waals surface area contributed by atoms with Crippen LogP contribution in [-0.4, -0.2) is 32.4 Å². The fourth-order valence-corrected chi connectivity index (χ4v) is 2.82. The Bertz CT molecular complexity index is 1030. The van der Waals surface area contributed by atoms with Crippen molar-refractivity contribution in [1.29, 1.82) is 0 Å². The van der Waals surface area contributed by atoms with Crippen LogP contribution < -0.4 is 0 Å². The van der Waals surface area contributed by atoms with Crippen LogP contribution in [0.3, 0.4) is 0 Å². The monoisotopic (exact) mass is 392 g/mol. The fraction of sp³-hybridized carbons (Fsp3) is 0.190. The molecular formula is C21H20N4O4. The number of nitro benzene ring substituents is 1. The summed E-state index contributed by atoms with van der Waals surface area (Å²) in [6.45, 7) is 6.13. The van der Waals surface area contributed by atoms with E-state index >= 15 is 0 Å². The molecule has 1 amide bonds. The number of hydrogen-bond donors (Lipinski definition) is 0. The minimum Gasteiger partial charge on any atom is -0.337 e. The lowest BCUT2D eigenvalue weighted by atomic mass is 10.1. The zero-order chi connectivity index (χ0) is 20.8. The van der Waals surface area contributed by atoms with Gasteiger partial charge in [-0.2, -0.15) is 4.98 Å². The van der Waals surface area contributed by atoms with Crippen molar-refractivity contribution in [2.24, 2.45) is 0 Å². The number of rotatable bonds is 8. The van der Waals surface area contributed by atoms with Gasteiger partial charge in [0.2, 0.25) is 17.6 Å². The van der Waals surface area contributed by atoms with Crippen LogP contribution in [0.4, 0.5) is 5.69 Å². The maximum atomic E-state index is 12.7. The van der Waals surface area contributed by atoms with Crippen LogP contribution in [0, 0.1) is 17.0 Å². The molecule has 29 heavy (non-hydrogen) atoms. The molecular weight excluding hydrogens is 372 g/mol. The second kappa shape index (κ2) is 8.92. The first-order valence-electron chi connectivity index (χ1n) is 8.98. The van der Waals surface area contributed by atoms with Crippen molar-refractivity contribution in [3.8, 4) is 11.4 Å². The average molecular weight is 392 g/mol. The van der Waals surface area contributed by atoms with Crippen molar-refractivity contribution in [2.45, 2.75) is 19.9 Å². The third kappa shape index (κ3) is 5.13. The zero-order valence-corrected chi connectivity index (χ0v) is 15.9. The molecule has 3 aromatic rings. The molecule has 148 valence electrons. The Labute approximate surface area is 167 Å². The molecule has 0 atom stereocenters. The molecule has 0 aliphatic rings. The van der Waals surface area contributed by atoms with Gasteiger partial charge in [0.1, 0.15) is 6.54 Å². The van der Waals surface area contributed by atoms with Crippen LogP contribution in [0.15, 0.2) is 65.7 Å². The Hall–Kier alpha value is -3.81. The van der Waals surface area contributed by atoms with E-state index in [4.69, 9.17) is 4.52 Å². The van der Waals surface area contributed by atoms with E-state index in [1.165, 1.54) is 12.1 Å². The maximum Gasteiger partial charge on any atom is 0.269 e. The summed E-state index contributed by atoms with van der Waals surface area (Å²) in [5.41, 5.74) is 2.59. The van der Waals surface area contributed by atoms with E-state index in [2.05, 4.69) is 16.7 Å². The second-order valence-corrected chi connectivity index (χ2v) is 6.54. The van der Waals surface area contributed by atoms with E-state index in [9.17, 15) is 14.9 Å². The number of aromatic nitrogens is 2. The highest BCUT2D eigenvalue weighted by atomic mass is 16.6. The summed E-state index contributed by atoms with van der Waals surface area (Å²) >= 11 is 0. The lowest BCUT2D eigenvalue weighted by Crippen LogP contribution is -2.32. The van der Waals surface area contributed by atoms with E-state index in [1.807, 2.05) is 31.2 Å². The third-order valence-electron chi connectivity index (χ3n) is 4.28. The summed E-state index contributed by atoms with van der Waals surface area (Å²) in [6.07, 6.45) is 1.72. The van der Waals surface area contributed by atoms with Crippen molar-refractivity contribution in [3.05, 3.63) is 88.3 Å². The molecule has 0 saturated heterocycles. The number of nitrogens with zero attached hydrogens (tertiary/aromatic N) is 4. The van der Waals surface area contributed by atoms with Gasteiger partial charge in [0, 0.05) is 24.2 Å². The van der Waals surface area contributed by atoms with Gasteiger partial charge in [-0.15, -0.1) is 6.58 Å². The Morgan fingerprint density at radius 3 is 2.69 bits per heavy atom. The van der Waals surface area contributed by atoms with Crippen molar-refractivity contribution >= 4 is 11.6 Å². The molecule has 0 aliphatic carbocycles. The highest BCUT2D eigenvalue weighted by Gasteiger charge is 2.18. The molecule has 8 heteroatoms. The van der Waals surface area contributed by atoms with Gasteiger partial charge >= 0.3 is 0 Å². The fourth-order valence-electron chi connectivity index (χ4n) is 2.82. The van der Waals surface area contributed by atoms with E-state index in [1.54, 1.807) is 23.1 Å². The van der Waals surface area contributed by atoms with Crippen LogP contribution in [0.1, 0.15) is 17.0 Å².